The number of thioether (sulfide) groups is 1. The number of aliphatic hydroxyl groups excluding tert-OH is 1. The highest BCUT2D eigenvalue weighted by Crippen LogP contribution is 2.46. The molecule has 3 aromatic carbocycles. The summed E-state index contributed by atoms with van der Waals surface area (Å²) in [6, 6.07) is 15.7. The minimum atomic E-state index is -1.06. The van der Waals surface area contributed by atoms with Crippen LogP contribution in [0.2, 0.25) is 0 Å². The average molecular weight is 660 g/mol. The van der Waals surface area contributed by atoms with Gasteiger partial charge in [0.1, 0.15) is 30.0 Å². The number of fused-ring (bicyclic) bond motifs is 1. The predicted octanol–water partition coefficient (Wildman–Crippen LogP) is 6.88. The lowest BCUT2D eigenvalue weighted by Gasteiger charge is -2.23. The van der Waals surface area contributed by atoms with Gasteiger partial charge in [-0.15, -0.1) is 10.2 Å². The summed E-state index contributed by atoms with van der Waals surface area (Å²) in [7, 11) is 0. The summed E-state index contributed by atoms with van der Waals surface area (Å²) in [5.41, 5.74) is 2.17. The second-order valence-electron chi connectivity index (χ2n) is 10.6. The summed E-state index contributed by atoms with van der Waals surface area (Å²) in [5, 5.41) is 20.3. The average Bonchev–Trinajstić information content (AvgIpc) is 3.74. The predicted molar refractivity (Wildman–Crippen MR) is 174 cm³/mol. The summed E-state index contributed by atoms with van der Waals surface area (Å²) in [6.07, 6.45) is 2.24. The number of aliphatic hydroxyl groups is 1. The van der Waals surface area contributed by atoms with Gasteiger partial charge in [-0.05, 0) is 66.9 Å². The largest absolute Gasteiger partial charge is 0.507 e. The molecule has 1 N–H and O–H groups in total. The molecular formula is C34H30FN3O6S2. The molecule has 6 rings (SSSR count). The highest BCUT2D eigenvalue weighted by Gasteiger charge is 2.48. The van der Waals surface area contributed by atoms with Gasteiger partial charge in [-0.1, -0.05) is 60.0 Å². The molecule has 46 heavy (non-hydrogen) atoms. The van der Waals surface area contributed by atoms with Crippen LogP contribution in [0.25, 0.3) is 5.76 Å². The summed E-state index contributed by atoms with van der Waals surface area (Å²) in [4.78, 5) is 28.7. The van der Waals surface area contributed by atoms with Gasteiger partial charge in [0.25, 0.3) is 5.78 Å². The Kier molecular flexibility index (Phi) is 9.09. The van der Waals surface area contributed by atoms with E-state index in [0.717, 1.165) is 16.9 Å². The van der Waals surface area contributed by atoms with Crippen molar-refractivity contribution in [1.82, 2.24) is 10.2 Å². The number of ether oxygens (including phenoxy) is 3. The van der Waals surface area contributed by atoms with Crippen LogP contribution in [-0.4, -0.2) is 46.3 Å². The molecule has 0 bridgehead atoms. The normalized spacial score (nSPS) is 18.4. The molecular weight excluding hydrogens is 630 g/mol. The lowest BCUT2D eigenvalue weighted by molar-refractivity contribution is -0.132. The number of aromatic nitrogens is 2. The first-order chi connectivity index (χ1) is 22.3. The van der Waals surface area contributed by atoms with Crippen LogP contribution in [0.3, 0.4) is 0 Å². The molecule has 1 amide bonds. The summed E-state index contributed by atoms with van der Waals surface area (Å²) < 4.78 is 32.1. The number of nitrogens with zero attached hydrogens (tertiary/aromatic N) is 3. The van der Waals surface area contributed by atoms with E-state index in [1.165, 1.54) is 22.7 Å². The molecule has 1 aromatic heterocycles. The Hall–Kier alpha value is -4.68. The van der Waals surface area contributed by atoms with Crippen molar-refractivity contribution < 1.29 is 33.3 Å². The maximum atomic E-state index is 14.2. The lowest BCUT2D eigenvalue weighted by Crippen LogP contribution is -2.29. The van der Waals surface area contributed by atoms with Crippen molar-refractivity contribution in [2.75, 3.05) is 18.1 Å². The van der Waals surface area contributed by atoms with Crippen molar-refractivity contribution in [1.29, 1.82) is 0 Å². The number of ketones is 1. The van der Waals surface area contributed by atoms with E-state index in [1.54, 1.807) is 60.7 Å². The minimum absolute atomic E-state index is 0.0142. The number of carbonyl (C=O) groups is 2. The number of hydrogen-bond acceptors (Lipinski definition) is 10. The van der Waals surface area contributed by atoms with Crippen LogP contribution in [0.5, 0.6) is 17.2 Å². The Bertz CT molecular complexity index is 1860. The van der Waals surface area contributed by atoms with E-state index in [2.05, 4.69) is 16.8 Å². The maximum absolute atomic E-state index is 14.2. The van der Waals surface area contributed by atoms with E-state index in [4.69, 9.17) is 14.2 Å². The molecule has 2 atom stereocenters. The Morgan fingerprint density at radius 3 is 2.76 bits per heavy atom. The highest BCUT2D eigenvalue weighted by atomic mass is 32.2. The fourth-order valence-electron chi connectivity index (χ4n) is 5.41. The molecule has 1 fully saturated rings. The number of benzene rings is 3. The van der Waals surface area contributed by atoms with Gasteiger partial charge < -0.3 is 19.3 Å². The maximum Gasteiger partial charge on any atom is 0.301 e. The molecule has 12 heteroatoms. The molecule has 0 aliphatic carbocycles. The Labute approximate surface area is 273 Å². The van der Waals surface area contributed by atoms with Gasteiger partial charge in [0.2, 0.25) is 5.13 Å². The molecule has 236 valence electrons. The van der Waals surface area contributed by atoms with Gasteiger partial charge in [0, 0.05) is 17.7 Å². The fourth-order valence-corrected chi connectivity index (χ4v) is 7.27. The van der Waals surface area contributed by atoms with Gasteiger partial charge >= 0.3 is 5.91 Å². The first kappa shape index (κ1) is 31.3. The van der Waals surface area contributed by atoms with E-state index in [1.807, 2.05) is 13.8 Å². The van der Waals surface area contributed by atoms with Crippen molar-refractivity contribution >= 4 is 45.7 Å². The minimum Gasteiger partial charge on any atom is -0.507 e. The van der Waals surface area contributed by atoms with Crippen LogP contribution in [0.1, 0.15) is 42.1 Å². The molecule has 4 aromatic rings. The Balaban J connectivity index is 1.43. The molecule has 9 nitrogen and oxygen atoms in total. The zero-order chi connectivity index (χ0) is 32.4. The van der Waals surface area contributed by atoms with E-state index in [0.29, 0.717) is 57.1 Å². The number of Topliss-reactive ketones (excluding diaryl/α,β-unsaturated/α-hetero) is 1. The third-order valence-corrected chi connectivity index (χ3v) is 9.57. The number of amides is 1. The van der Waals surface area contributed by atoms with Crippen molar-refractivity contribution in [2.24, 2.45) is 0 Å². The van der Waals surface area contributed by atoms with Crippen LogP contribution in [-0.2, 0) is 21.8 Å². The Morgan fingerprint density at radius 1 is 1.15 bits per heavy atom. The SMILES string of the molecule is C=CCOc1ccc([C@@H]2/C(=C(\O)c3ccc4c(c3)C[C@@H](C)O4)C(=O)C(=O)N2c2nnc(SCc3ccccc3F)s2)cc1OCC. The smallest absolute Gasteiger partial charge is 0.301 e. The monoisotopic (exact) mass is 659 g/mol. The summed E-state index contributed by atoms with van der Waals surface area (Å²) in [5.74, 6) is -0.516. The van der Waals surface area contributed by atoms with E-state index >= 15 is 0 Å². The zero-order valence-corrected chi connectivity index (χ0v) is 26.7. The fraction of sp³-hybridized carbons (Fsp3) is 0.235. The first-order valence-corrected chi connectivity index (χ1v) is 16.4. The molecule has 2 aliphatic rings. The number of hydrogen-bond donors (Lipinski definition) is 1. The van der Waals surface area contributed by atoms with Crippen molar-refractivity contribution in [3.05, 3.63) is 107 Å². The van der Waals surface area contributed by atoms with E-state index in [9.17, 15) is 19.1 Å². The van der Waals surface area contributed by atoms with Crippen LogP contribution in [0.15, 0.2) is 83.2 Å². The molecule has 0 unspecified atom stereocenters. The van der Waals surface area contributed by atoms with Gasteiger partial charge in [0.15, 0.2) is 15.8 Å². The highest BCUT2D eigenvalue weighted by molar-refractivity contribution is 8.00. The van der Waals surface area contributed by atoms with Crippen LogP contribution < -0.4 is 19.1 Å². The molecule has 0 saturated carbocycles. The Morgan fingerprint density at radius 2 is 1.98 bits per heavy atom. The van der Waals surface area contributed by atoms with Crippen molar-refractivity contribution in [3.8, 4) is 17.2 Å². The van der Waals surface area contributed by atoms with E-state index < -0.39 is 17.7 Å². The van der Waals surface area contributed by atoms with Crippen LogP contribution in [0.4, 0.5) is 9.52 Å². The van der Waals surface area contributed by atoms with Gasteiger partial charge in [0.05, 0.1) is 18.2 Å². The number of anilines is 1. The standard InChI is InChI=1S/C34H30FN3O6S2/c1-4-14-43-26-13-10-20(17-27(26)42-5-2)29-28(30(39)21-11-12-25-23(16-21)15-19(3)44-25)31(40)32(41)38(29)33-36-37-34(46-33)45-18-22-8-6-7-9-24(22)35/h4,6-13,16-17,19,29,39H,1,5,14-15,18H2,2-3H3/b30-28+/t19-,29-/m1/s1. The lowest BCUT2D eigenvalue weighted by atomic mass is 9.94. The molecule has 3 heterocycles. The second-order valence-corrected chi connectivity index (χ2v) is 12.8. The van der Waals surface area contributed by atoms with Crippen molar-refractivity contribution in [3.63, 3.8) is 0 Å². The molecule has 0 radical (unpaired) electrons. The molecule has 1 saturated heterocycles. The first-order valence-electron chi connectivity index (χ1n) is 14.6. The topological polar surface area (TPSA) is 111 Å². The van der Waals surface area contributed by atoms with Gasteiger partial charge in [-0.3, -0.25) is 14.5 Å². The number of halogens is 1. The summed E-state index contributed by atoms with van der Waals surface area (Å²) >= 11 is 2.36. The van der Waals surface area contributed by atoms with Gasteiger partial charge in [-0.2, -0.15) is 0 Å². The zero-order valence-electron chi connectivity index (χ0n) is 25.1. The number of rotatable bonds is 11. The van der Waals surface area contributed by atoms with Crippen LogP contribution >= 0.6 is 23.1 Å². The quantitative estimate of drug-likeness (QED) is 0.0460. The molecule has 2 aliphatic heterocycles. The summed E-state index contributed by atoms with van der Waals surface area (Å²) in [6.45, 7) is 8.06. The van der Waals surface area contributed by atoms with Crippen molar-refractivity contribution in [2.45, 2.75) is 42.5 Å². The van der Waals surface area contributed by atoms with Crippen LogP contribution in [0, 0.1) is 5.82 Å². The third-order valence-electron chi connectivity index (χ3n) is 7.46. The van der Waals surface area contributed by atoms with Gasteiger partial charge in [-0.25, -0.2) is 4.39 Å². The number of carbonyl (C=O) groups excluding carboxylic acids is 2. The second kappa shape index (κ2) is 13.4. The third kappa shape index (κ3) is 6.10. The van der Waals surface area contributed by atoms with E-state index in [-0.39, 0.29) is 35.0 Å². The molecule has 0 spiro atoms.